The fraction of sp³-hybridized carbons (Fsp3) is 0.379. The van der Waals surface area contributed by atoms with Crippen LogP contribution < -0.4 is 5.32 Å². The molecule has 0 bridgehead atoms. The number of piperidine rings is 1. The highest BCUT2D eigenvalue weighted by molar-refractivity contribution is 6.40. The second-order valence-corrected chi connectivity index (χ2v) is 11.0. The largest absolute Gasteiger partial charge is 0.553 e. The molecule has 1 radical (unpaired) electrons. The summed E-state index contributed by atoms with van der Waals surface area (Å²) in [5, 5.41) is 11.8. The van der Waals surface area contributed by atoms with Gasteiger partial charge in [0.25, 0.3) is 5.84 Å². The van der Waals surface area contributed by atoms with Gasteiger partial charge in [0.05, 0.1) is 25.0 Å². The molecule has 3 aliphatic heterocycles. The summed E-state index contributed by atoms with van der Waals surface area (Å²) < 4.78 is 6.58. The zero-order valence-electron chi connectivity index (χ0n) is 22.5. The Morgan fingerprint density at radius 3 is 2.64 bits per heavy atom. The van der Waals surface area contributed by atoms with Gasteiger partial charge in [-0.25, -0.2) is 4.68 Å². The number of fused-ring (bicyclic) bond motifs is 2. The van der Waals surface area contributed by atoms with Crippen LogP contribution in [0.3, 0.4) is 0 Å². The highest BCUT2D eigenvalue weighted by Gasteiger charge is 2.40. The third-order valence-corrected chi connectivity index (χ3v) is 7.79. The van der Waals surface area contributed by atoms with E-state index < -0.39 is 0 Å². The van der Waals surface area contributed by atoms with Crippen LogP contribution in [0.5, 0.6) is 0 Å². The molecule has 2 aromatic heterocycles. The Morgan fingerprint density at radius 2 is 1.90 bits per heavy atom. The zero-order valence-corrected chi connectivity index (χ0v) is 23.2. The predicted octanol–water partition coefficient (Wildman–Crippen LogP) is 4.46. The summed E-state index contributed by atoms with van der Waals surface area (Å²) in [6, 6.07) is 12.2. The van der Waals surface area contributed by atoms with Crippen molar-refractivity contribution in [3.05, 3.63) is 77.4 Å². The number of hydrogen-bond acceptors (Lipinski definition) is 3. The summed E-state index contributed by atoms with van der Waals surface area (Å²) in [7, 11) is 2.18. The Bertz CT molecular complexity index is 1470. The molecule has 3 aliphatic rings. The number of aryl methyl sites for hydroxylation is 1. The van der Waals surface area contributed by atoms with Gasteiger partial charge in [-0.05, 0) is 73.9 Å². The maximum atomic E-state index is 11.8. The molecule has 0 atom stereocenters. The summed E-state index contributed by atoms with van der Waals surface area (Å²) in [6.45, 7) is 6.59. The number of allylic oxidation sites excluding steroid dienone is 1. The molecule has 199 valence electrons. The molecule has 0 unspecified atom stereocenters. The van der Waals surface area contributed by atoms with Gasteiger partial charge in [-0.3, -0.25) is 14.2 Å². The number of hydrogen-bond donors (Lipinski definition) is 1. The van der Waals surface area contributed by atoms with Crippen LogP contribution in [-0.4, -0.2) is 67.1 Å². The minimum absolute atomic E-state index is 0.0699. The number of aromatic nitrogens is 4. The second-order valence-electron chi connectivity index (χ2n) is 10.8. The van der Waals surface area contributed by atoms with Gasteiger partial charge in [0, 0.05) is 23.0 Å². The van der Waals surface area contributed by atoms with Gasteiger partial charge >= 0.3 is 7.55 Å². The number of amides is 1. The molecule has 5 heterocycles. The first kappa shape index (κ1) is 25.7. The monoisotopic (exact) mass is 541 g/mol. The smallest absolute Gasteiger partial charge is 0.329 e. The molecule has 6 rings (SSSR count). The van der Waals surface area contributed by atoms with E-state index in [0.717, 1.165) is 65.7 Å². The van der Waals surface area contributed by atoms with Crippen molar-refractivity contribution in [3.8, 4) is 5.82 Å². The molecule has 0 aliphatic carbocycles. The lowest BCUT2D eigenvalue weighted by atomic mass is 9.91. The third kappa shape index (κ3) is 5.07. The molecule has 39 heavy (non-hydrogen) atoms. The van der Waals surface area contributed by atoms with Crippen LogP contribution in [0, 0.1) is 5.92 Å². The van der Waals surface area contributed by atoms with Gasteiger partial charge in [-0.15, -0.1) is 16.7 Å². The van der Waals surface area contributed by atoms with Gasteiger partial charge in [0.2, 0.25) is 5.91 Å². The fourth-order valence-corrected chi connectivity index (χ4v) is 5.58. The Morgan fingerprint density at radius 1 is 1.10 bits per heavy atom. The van der Waals surface area contributed by atoms with Gasteiger partial charge in [0.1, 0.15) is 17.4 Å². The highest BCUT2D eigenvalue weighted by Crippen LogP contribution is 2.37. The molecule has 1 fully saturated rings. The van der Waals surface area contributed by atoms with E-state index in [9.17, 15) is 4.79 Å². The number of carbonyl (C=O) groups excluding carboxylic acids is 1. The number of nitrogens with one attached hydrogen (secondary N) is 1. The van der Waals surface area contributed by atoms with Gasteiger partial charge in [0.15, 0.2) is 0 Å². The van der Waals surface area contributed by atoms with Gasteiger partial charge in [-0.2, -0.15) is 0 Å². The average Bonchev–Trinajstić information content (AvgIpc) is 3.70. The summed E-state index contributed by atoms with van der Waals surface area (Å²) in [4.78, 5) is 14.1. The molecule has 8 nitrogen and oxygen atoms in total. The van der Waals surface area contributed by atoms with Crippen molar-refractivity contribution in [3.63, 3.8) is 0 Å². The first-order valence-electron chi connectivity index (χ1n) is 13.8. The van der Waals surface area contributed by atoms with Crippen LogP contribution in [0.1, 0.15) is 56.5 Å². The summed E-state index contributed by atoms with van der Waals surface area (Å²) >= 11 is 5.68. The lowest BCUT2D eigenvalue weighted by Gasteiger charge is -2.27. The Hall–Kier alpha value is -3.59. The number of alkyl halides is 1. The molecule has 0 saturated carbocycles. The van der Waals surface area contributed by atoms with E-state index >= 15 is 0 Å². The molecular weight excluding hydrogens is 509 g/mol. The molecule has 1 N–H and O–H groups in total. The van der Waals surface area contributed by atoms with Crippen LogP contribution >= 0.6 is 11.6 Å². The quantitative estimate of drug-likeness (QED) is 0.272. The van der Waals surface area contributed by atoms with E-state index in [1.54, 1.807) is 0 Å². The Labute approximate surface area is 234 Å². The summed E-state index contributed by atoms with van der Waals surface area (Å²) in [5.41, 5.74) is 6.15. The minimum atomic E-state index is -0.219. The van der Waals surface area contributed by atoms with Crippen molar-refractivity contribution in [1.82, 2.24) is 24.3 Å². The maximum Gasteiger partial charge on any atom is 0.553 e. The highest BCUT2D eigenvalue weighted by atomic mass is 35.5. The second kappa shape index (κ2) is 10.9. The topological polar surface area (TPSA) is 71.0 Å². The standard InChI is InChI=1S/C29H32BClN7O/c1-20(2)6-9-23-19-36(34-33-23)28-15-13-25-29(21-7-10-22(11-8-21)32-26(39)18-31)24-12-14-27(37(24)30-38(25)28)35-16-4-3-5-17-35/h7-8,10-15,19-20H,3-6,9,16-18H2,1-2H3/p+1. The number of benzene rings is 1. The van der Waals surface area contributed by atoms with E-state index in [2.05, 4.69) is 87.3 Å². The third-order valence-electron chi connectivity index (χ3n) is 7.55. The summed E-state index contributed by atoms with van der Waals surface area (Å²) in [6.07, 6.45) is 12.2. The number of carbonyl (C=O) groups is 1. The van der Waals surface area contributed by atoms with E-state index in [1.165, 1.54) is 25.1 Å². The van der Waals surface area contributed by atoms with E-state index in [4.69, 9.17) is 11.6 Å². The van der Waals surface area contributed by atoms with Crippen LogP contribution in [-0.2, 0) is 11.2 Å². The van der Waals surface area contributed by atoms with Crippen molar-refractivity contribution < 1.29 is 9.37 Å². The normalized spacial score (nSPS) is 16.6. The average molecular weight is 542 g/mol. The van der Waals surface area contributed by atoms with Crippen molar-refractivity contribution >= 4 is 42.2 Å². The van der Waals surface area contributed by atoms with E-state index in [1.807, 2.05) is 23.0 Å². The molecule has 1 aromatic carbocycles. The molecule has 1 amide bonds. The summed E-state index contributed by atoms with van der Waals surface area (Å²) in [5.74, 6) is 2.48. The van der Waals surface area contributed by atoms with Crippen molar-refractivity contribution in [1.29, 1.82) is 0 Å². The fourth-order valence-electron chi connectivity index (χ4n) is 5.51. The van der Waals surface area contributed by atoms with E-state index in [0.29, 0.717) is 5.92 Å². The molecule has 1 saturated heterocycles. The SMILES string of the molecule is CC(C)CCc1cn(-c2ccc3n2[B]N2C(=C3c3ccc(NC(=O)CCl)cc3)C=CC2=[N+]2CCCCC2)nn1. The predicted molar refractivity (Wildman–Crippen MR) is 155 cm³/mol. The zero-order chi connectivity index (χ0) is 26.9. The lowest BCUT2D eigenvalue weighted by molar-refractivity contribution is -0.539. The minimum Gasteiger partial charge on any atom is -0.329 e. The van der Waals surface area contributed by atoms with E-state index in [-0.39, 0.29) is 11.8 Å². The van der Waals surface area contributed by atoms with Crippen molar-refractivity contribution in [2.24, 2.45) is 5.92 Å². The maximum absolute atomic E-state index is 11.8. The van der Waals surface area contributed by atoms with Crippen molar-refractivity contribution in [2.45, 2.75) is 46.0 Å². The first-order valence-corrected chi connectivity index (χ1v) is 14.3. The van der Waals surface area contributed by atoms with Crippen LogP contribution in [0.25, 0.3) is 11.4 Å². The lowest BCUT2D eigenvalue weighted by Crippen LogP contribution is -2.43. The first-order chi connectivity index (χ1) is 19.0. The number of anilines is 1. The Kier molecular flexibility index (Phi) is 7.17. The molecule has 0 spiro atoms. The van der Waals surface area contributed by atoms with Crippen LogP contribution in [0.4, 0.5) is 5.69 Å². The molecule has 3 aromatic rings. The number of nitrogens with zero attached hydrogens (tertiary/aromatic N) is 6. The van der Waals surface area contributed by atoms with Crippen LogP contribution in [0.2, 0.25) is 0 Å². The number of amidine groups is 1. The number of halogens is 1. The molecule has 10 heteroatoms. The van der Waals surface area contributed by atoms with Gasteiger partial charge in [-0.1, -0.05) is 31.2 Å². The van der Waals surface area contributed by atoms with Crippen molar-refractivity contribution in [2.75, 3.05) is 24.3 Å². The van der Waals surface area contributed by atoms with Gasteiger partial charge < -0.3 is 9.79 Å². The number of rotatable bonds is 7. The molecular formula is C29H33BClN7O+. The Balaban J connectivity index is 1.41. The van der Waals surface area contributed by atoms with Crippen LogP contribution in [0.15, 0.2) is 60.4 Å².